The van der Waals surface area contributed by atoms with Crippen LogP contribution in [-0.4, -0.2) is 6.54 Å². The van der Waals surface area contributed by atoms with Crippen molar-refractivity contribution in [2.24, 2.45) is 5.73 Å². The highest BCUT2D eigenvalue weighted by molar-refractivity contribution is 6.32. The van der Waals surface area contributed by atoms with Crippen LogP contribution in [0.4, 0.5) is 0 Å². The van der Waals surface area contributed by atoms with Gasteiger partial charge in [-0.2, -0.15) is 0 Å². The monoisotopic (exact) mass is 183 g/mol. The molecule has 1 aromatic carbocycles. The lowest BCUT2D eigenvalue weighted by molar-refractivity contribution is 0.964. The fourth-order valence-corrected chi connectivity index (χ4v) is 1.46. The molecule has 12 heavy (non-hydrogen) atoms. The van der Waals surface area contributed by atoms with Crippen molar-refractivity contribution in [2.75, 3.05) is 6.54 Å². The highest BCUT2D eigenvalue weighted by Gasteiger charge is 2.01. The molecule has 0 amide bonds. The molecule has 0 bridgehead atoms. The Kier molecular flexibility index (Phi) is 3.12. The summed E-state index contributed by atoms with van der Waals surface area (Å²) in [6, 6.07) is 4.20. The second-order valence-corrected chi connectivity index (χ2v) is 3.46. The van der Waals surface area contributed by atoms with E-state index < -0.39 is 0 Å². The fourth-order valence-electron chi connectivity index (χ4n) is 1.35. The maximum Gasteiger partial charge on any atom is 0.0464 e. The van der Waals surface area contributed by atoms with Gasteiger partial charge >= 0.3 is 0 Å². The molecule has 0 saturated heterocycles. The second kappa shape index (κ2) is 3.92. The predicted molar refractivity (Wildman–Crippen MR) is 53.7 cm³/mol. The molecular weight excluding hydrogens is 170 g/mol. The first-order chi connectivity index (χ1) is 5.65. The number of aryl methyl sites for hydroxylation is 2. The molecule has 0 heterocycles. The molecule has 66 valence electrons. The summed E-state index contributed by atoms with van der Waals surface area (Å²) in [7, 11) is 0. The summed E-state index contributed by atoms with van der Waals surface area (Å²) in [5.74, 6) is 0. The van der Waals surface area contributed by atoms with Crippen LogP contribution in [-0.2, 0) is 6.42 Å². The summed E-state index contributed by atoms with van der Waals surface area (Å²) in [5, 5.41) is 0.871. The van der Waals surface area contributed by atoms with E-state index in [0.29, 0.717) is 6.54 Å². The van der Waals surface area contributed by atoms with Gasteiger partial charge in [0, 0.05) is 5.02 Å². The van der Waals surface area contributed by atoms with E-state index in [1.54, 1.807) is 0 Å². The molecule has 0 aliphatic rings. The van der Waals surface area contributed by atoms with Gasteiger partial charge in [-0.3, -0.25) is 0 Å². The van der Waals surface area contributed by atoms with Crippen molar-refractivity contribution >= 4 is 11.6 Å². The number of halogens is 1. The van der Waals surface area contributed by atoms with Gasteiger partial charge in [0.25, 0.3) is 0 Å². The van der Waals surface area contributed by atoms with Gasteiger partial charge in [0.05, 0.1) is 0 Å². The third-order valence-electron chi connectivity index (χ3n) is 1.93. The Morgan fingerprint density at radius 1 is 1.25 bits per heavy atom. The van der Waals surface area contributed by atoms with Crippen molar-refractivity contribution in [3.63, 3.8) is 0 Å². The zero-order valence-corrected chi connectivity index (χ0v) is 8.28. The van der Waals surface area contributed by atoms with Crippen molar-refractivity contribution in [2.45, 2.75) is 20.3 Å². The van der Waals surface area contributed by atoms with E-state index in [4.69, 9.17) is 17.3 Å². The molecule has 1 aromatic rings. The first-order valence-corrected chi connectivity index (χ1v) is 4.48. The third-order valence-corrected chi connectivity index (χ3v) is 2.53. The summed E-state index contributed by atoms with van der Waals surface area (Å²) in [5.41, 5.74) is 9.02. The molecule has 1 nitrogen and oxygen atoms in total. The highest BCUT2D eigenvalue weighted by atomic mass is 35.5. The van der Waals surface area contributed by atoms with Crippen molar-refractivity contribution in [1.29, 1.82) is 0 Å². The van der Waals surface area contributed by atoms with E-state index in [9.17, 15) is 0 Å². The number of hydrogen-bond donors (Lipinski definition) is 1. The quantitative estimate of drug-likeness (QED) is 0.749. The molecule has 0 aliphatic heterocycles. The molecule has 0 fully saturated rings. The van der Waals surface area contributed by atoms with Gasteiger partial charge in [-0.25, -0.2) is 0 Å². The molecule has 0 aromatic heterocycles. The van der Waals surface area contributed by atoms with Crippen LogP contribution in [0.3, 0.4) is 0 Å². The van der Waals surface area contributed by atoms with Crippen molar-refractivity contribution in [3.8, 4) is 0 Å². The average Bonchev–Trinajstić information content (AvgIpc) is 2.01. The largest absolute Gasteiger partial charge is 0.330 e. The van der Waals surface area contributed by atoms with Gasteiger partial charge in [0.15, 0.2) is 0 Å². The van der Waals surface area contributed by atoms with E-state index in [0.717, 1.165) is 22.6 Å². The van der Waals surface area contributed by atoms with Gasteiger partial charge < -0.3 is 5.73 Å². The van der Waals surface area contributed by atoms with Gasteiger partial charge in [-0.05, 0) is 43.5 Å². The normalized spacial score (nSPS) is 10.3. The number of rotatable bonds is 2. The summed E-state index contributed by atoms with van der Waals surface area (Å²) < 4.78 is 0. The first-order valence-electron chi connectivity index (χ1n) is 4.11. The minimum absolute atomic E-state index is 0.695. The molecule has 0 spiro atoms. The fraction of sp³-hybridized carbons (Fsp3) is 0.400. The van der Waals surface area contributed by atoms with Crippen molar-refractivity contribution in [3.05, 3.63) is 33.8 Å². The van der Waals surface area contributed by atoms with Crippen LogP contribution in [0.2, 0.25) is 5.02 Å². The topological polar surface area (TPSA) is 26.0 Å². The van der Waals surface area contributed by atoms with E-state index in [1.807, 2.05) is 13.8 Å². The molecule has 0 aliphatic carbocycles. The van der Waals surface area contributed by atoms with Gasteiger partial charge in [0.1, 0.15) is 0 Å². The van der Waals surface area contributed by atoms with Crippen LogP contribution >= 0.6 is 11.6 Å². The van der Waals surface area contributed by atoms with Crippen LogP contribution in [0.25, 0.3) is 0 Å². The summed E-state index contributed by atoms with van der Waals surface area (Å²) in [6.45, 7) is 4.74. The maximum atomic E-state index is 6.02. The van der Waals surface area contributed by atoms with E-state index in [2.05, 4.69) is 12.1 Å². The minimum atomic E-state index is 0.695. The Labute approximate surface area is 78.5 Å². The van der Waals surface area contributed by atoms with E-state index >= 15 is 0 Å². The van der Waals surface area contributed by atoms with Crippen molar-refractivity contribution < 1.29 is 0 Å². The molecule has 0 atom stereocenters. The average molecular weight is 184 g/mol. The van der Waals surface area contributed by atoms with Crippen LogP contribution in [0, 0.1) is 13.8 Å². The number of nitrogens with two attached hydrogens (primary N) is 1. The lowest BCUT2D eigenvalue weighted by Crippen LogP contribution is -2.03. The van der Waals surface area contributed by atoms with Crippen LogP contribution in [0.1, 0.15) is 16.7 Å². The Morgan fingerprint density at radius 3 is 2.17 bits per heavy atom. The van der Waals surface area contributed by atoms with Gasteiger partial charge in [-0.1, -0.05) is 23.7 Å². The Hall–Kier alpha value is -0.530. The molecule has 2 N–H and O–H groups in total. The second-order valence-electron chi connectivity index (χ2n) is 3.08. The Bertz CT molecular complexity index is 258. The Morgan fingerprint density at radius 2 is 1.75 bits per heavy atom. The summed E-state index contributed by atoms with van der Waals surface area (Å²) in [6.07, 6.45) is 0.929. The van der Waals surface area contributed by atoms with Crippen molar-refractivity contribution in [1.82, 2.24) is 0 Å². The highest BCUT2D eigenvalue weighted by Crippen LogP contribution is 2.21. The lowest BCUT2D eigenvalue weighted by Gasteiger charge is -2.06. The lowest BCUT2D eigenvalue weighted by atomic mass is 10.1. The minimum Gasteiger partial charge on any atom is -0.330 e. The van der Waals surface area contributed by atoms with Crippen LogP contribution < -0.4 is 5.73 Å². The molecule has 0 unspecified atom stereocenters. The van der Waals surface area contributed by atoms with Crippen LogP contribution in [0.5, 0.6) is 0 Å². The van der Waals surface area contributed by atoms with Crippen LogP contribution in [0.15, 0.2) is 12.1 Å². The van der Waals surface area contributed by atoms with Gasteiger partial charge in [0.2, 0.25) is 0 Å². The molecule has 1 rings (SSSR count). The zero-order valence-electron chi connectivity index (χ0n) is 7.52. The predicted octanol–water partition coefficient (Wildman–Crippen LogP) is 2.46. The number of benzene rings is 1. The standard InChI is InChI=1S/C10H14ClN/c1-7-5-9(3-4-12)6-8(2)10(7)11/h5-6H,3-4,12H2,1-2H3. The number of hydrogen-bond acceptors (Lipinski definition) is 1. The van der Waals surface area contributed by atoms with E-state index in [-0.39, 0.29) is 0 Å². The van der Waals surface area contributed by atoms with Gasteiger partial charge in [-0.15, -0.1) is 0 Å². The SMILES string of the molecule is Cc1cc(CCN)cc(C)c1Cl. The summed E-state index contributed by atoms with van der Waals surface area (Å²) in [4.78, 5) is 0. The third kappa shape index (κ3) is 1.99. The maximum absolute atomic E-state index is 6.02. The Balaban J connectivity index is 3.04. The molecule has 0 saturated carbocycles. The molecular formula is C10H14ClN. The zero-order chi connectivity index (χ0) is 9.14. The van der Waals surface area contributed by atoms with E-state index in [1.165, 1.54) is 5.56 Å². The summed E-state index contributed by atoms with van der Waals surface area (Å²) >= 11 is 6.02. The molecule has 2 heteroatoms. The first kappa shape index (κ1) is 9.56. The molecule has 0 radical (unpaired) electrons. The smallest absolute Gasteiger partial charge is 0.0464 e.